The lowest BCUT2D eigenvalue weighted by atomic mass is 9.80. The van der Waals surface area contributed by atoms with Crippen LogP contribution in [0.1, 0.15) is 32.3 Å². The number of carbonyl (C=O) groups excluding carboxylic acids is 4. The van der Waals surface area contributed by atoms with E-state index in [1.54, 1.807) is 13.8 Å². The number of carbonyl (C=O) groups is 4. The SMILES string of the molecule is CO[C@H]1OC(CC(C(=O)OCC(F)(F)F)C(=O)OCC(F)(F)F)[C@@H](C)[C@H](C)C1OCc1ccccc1.CO[C@H]1OC(CC(C(=O)OCC(F)(F)F)C(=O)OCC(F)(F)F)[C@@H](O)[C@H](O)C1O. The summed E-state index contributed by atoms with van der Waals surface area (Å²) in [5.41, 5.74) is 0.884. The molecule has 2 saturated heterocycles. The van der Waals surface area contributed by atoms with Gasteiger partial charge in [-0.05, 0) is 23.8 Å². The smallest absolute Gasteiger partial charge is 0.422 e. The predicted octanol–water partition coefficient (Wildman–Crippen LogP) is 4.09. The van der Waals surface area contributed by atoms with Crippen LogP contribution in [0.4, 0.5) is 52.7 Å². The molecule has 2 fully saturated rings. The molecule has 65 heavy (non-hydrogen) atoms. The Morgan fingerprint density at radius 1 is 0.554 bits per heavy atom. The summed E-state index contributed by atoms with van der Waals surface area (Å²) in [6.07, 6.45) is -32.9. The van der Waals surface area contributed by atoms with Crippen molar-refractivity contribution in [2.24, 2.45) is 23.7 Å². The van der Waals surface area contributed by atoms with E-state index in [-0.39, 0.29) is 12.5 Å². The normalized spacial score (nSPS) is 26.5. The molecule has 10 atom stereocenters. The highest BCUT2D eigenvalue weighted by Crippen LogP contribution is 2.37. The lowest BCUT2D eigenvalue weighted by molar-refractivity contribution is -0.292. The second kappa shape index (κ2) is 24.6. The second-order valence-electron chi connectivity index (χ2n) is 14.5. The Balaban J connectivity index is 0.000000458. The molecule has 374 valence electrons. The first-order chi connectivity index (χ1) is 29.9. The van der Waals surface area contributed by atoms with E-state index >= 15 is 0 Å². The number of halogens is 12. The number of methoxy groups -OCH3 is 2. The van der Waals surface area contributed by atoms with Crippen LogP contribution in [0.25, 0.3) is 0 Å². The zero-order valence-electron chi connectivity index (χ0n) is 34.4. The van der Waals surface area contributed by atoms with Gasteiger partial charge in [0.1, 0.15) is 24.4 Å². The Morgan fingerprint density at radius 2 is 0.923 bits per heavy atom. The number of aliphatic hydroxyl groups is 3. The van der Waals surface area contributed by atoms with Gasteiger partial charge >= 0.3 is 48.6 Å². The van der Waals surface area contributed by atoms with E-state index in [2.05, 4.69) is 23.7 Å². The van der Waals surface area contributed by atoms with E-state index in [0.717, 1.165) is 12.7 Å². The van der Waals surface area contributed by atoms with Crippen LogP contribution in [0.15, 0.2) is 30.3 Å². The summed E-state index contributed by atoms with van der Waals surface area (Å²) in [4.78, 5) is 48.3. The standard InChI is InChI=1S/C23H28F6O7.C14H18F6O9/c1-13-14(2)18(33-10-15-7-5-4-6-8-15)21(32-3)36-17(13)9-16(19(30)34-11-22(24,25)26)20(31)35-12-23(27,28)29;1-26-12-9(23)8(22)7(21)6(29-12)2-5(10(24)27-3-13(15,16)17)11(25)28-4-14(18,19)20/h4-8,13-14,16-18,21H,9-12H2,1-3H3;5-9,12,21-23H,2-4H2,1H3/t13-,14-,17?,18?,21-;6?,7-,8+,9?,12+/m01/s1. The summed E-state index contributed by atoms with van der Waals surface area (Å²) < 4.78 is 191. The second-order valence-corrected chi connectivity index (χ2v) is 14.5. The molecule has 3 N–H and O–H groups in total. The third kappa shape index (κ3) is 19.7. The largest absolute Gasteiger partial charge is 0.455 e. The fraction of sp³-hybridized carbons (Fsp3) is 0.730. The van der Waals surface area contributed by atoms with Crippen molar-refractivity contribution in [1.82, 2.24) is 0 Å². The third-order valence-electron chi connectivity index (χ3n) is 9.52. The maximum Gasteiger partial charge on any atom is 0.422 e. The fourth-order valence-corrected chi connectivity index (χ4v) is 6.08. The molecule has 3 rings (SSSR count). The number of alkyl halides is 12. The van der Waals surface area contributed by atoms with Crippen molar-refractivity contribution in [2.75, 3.05) is 40.6 Å². The summed E-state index contributed by atoms with van der Waals surface area (Å²) in [5, 5.41) is 29.3. The number of hydrogen-bond acceptors (Lipinski definition) is 16. The maximum atomic E-state index is 12.5. The minimum Gasteiger partial charge on any atom is -0.455 e. The van der Waals surface area contributed by atoms with Gasteiger partial charge < -0.3 is 58.0 Å². The number of benzene rings is 1. The maximum absolute atomic E-state index is 12.5. The van der Waals surface area contributed by atoms with Gasteiger partial charge in [0.05, 0.1) is 18.8 Å². The highest BCUT2D eigenvalue weighted by atomic mass is 19.4. The Kier molecular flexibility index (Phi) is 21.6. The Hall–Kier alpha value is -4.06. The summed E-state index contributed by atoms with van der Waals surface area (Å²) in [7, 11) is 2.35. The zero-order chi connectivity index (χ0) is 49.7. The van der Waals surface area contributed by atoms with Gasteiger partial charge in [-0.3, -0.25) is 19.2 Å². The number of rotatable bonds is 17. The monoisotopic (exact) mass is 974 g/mol. The molecule has 0 amide bonds. The number of aliphatic hydroxyl groups excluding tert-OH is 3. The van der Waals surface area contributed by atoms with Crippen molar-refractivity contribution in [1.29, 1.82) is 0 Å². The quantitative estimate of drug-likeness (QED) is 0.0869. The average Bonchev–Trinajstić information content (AvgIpc) is 3.21. The number of ether oxygens (including phenoxy) is 9. The summed E-state index contributed by atoms with van der Waals surface area (Å²) in [6, 6.07) is 9.22. The first-order valence-corrected chi connectivity index (χ1v) is 18.9. The van der Waals surface area contributed by atoms with Crippen LogP contribution >= 0.6 is 0 Å². The first-order valence-electron chi connectivity index (χ1n) is 18.9. The van der Waals surface area contributed by atoms with Gasteiger partial charge in [0.15, 0.2) is 50.8 Å². The van der Waals surface area contributed by atoms with E-state index < -0.39 is 155 Å². The van der Waals surface area contributed by atoms with Crippen LogP contribution in [0.3, 0.4) is 0 Å². The predicted molar refractivity (Wildman–Crippen MR) is 187 cm³/mol. The first kappa shape index (κ1) is 57.1. The Morgan fingerprint density at radius 3 is 1.29 bits per heavy atom. The van der Waals surface area contributed by atoms with Crippen molar-refractivity contribution in [3.8, 4) is 0 Å². The van der Waals surface area contributed by atoms with Crippen molar-refractivity contribution in [3.63, 3.8) is 0 Å². The highest BCUT2D eigenvalue weighted by molar-refractivity contribution is 5.95. The highest BCUT2D eigenvalue weighted by Gasteiger charge is 2.49. The molecule has 0 saturated carbocycles. The Bertz CT molecular complexity index is 1580. The van der Waals surface area contributed by atoms with Gasteiger partial charge in [0.25, 0.3) is 0 Å². The molecule has 28 heteroatoms. The minimum atomic E-state index is -4.99. The van der Waals surface area contributed by atoms with Gasteiger partial charge in [-0.15, -0.1) is 0 Å². The molecule has 1 aromatic rings. The lowest BCUT2D eigenvalue weighted by Gasteiger charge is -2.44. The average molecular weight is 975 g/mol. The van der Waals surface area contributed by atoms with E-state index in [1.165, 1.54) is 7.11 Å². The molecule has 0 spiro atoms. The number of esters is 4. The van der Waals surface area contributed by atoms with E-state index in [1.807, 2.05) is 30.3 Å². The molecule has 2 aliphatic heterocycles. The van der Waals surface area contributed by atoms with Crippen molar-refractivity contribution >= 4 is 23.9 Å². The molecular formula is C37H46F12O16. The molecule has 4 unspecified atom stereocenters. The van der Waals surface area contributed by atoms with Gasteiger partial charge in [0.2, 0.25) is 0 Å². The number of hydrogen-bond donors (Lipinski definition) is 3. The van der Waals surface area contributed by atoms with Crippen molar-refractivity contribution < 1.29 is 130 Å². The van der Waals surface area contributed by atoms with Gasteiger partial charge in [0, 0.05) is 20.6 Å². The van der Waals surface area contributed by atoms with Crippen LogP contribution in [-0.2, 0) is 68.4 Å². The van der Waals surface area contributed by atoms with Crippen molar-refractivity contribution in [3.05, 3.63) is 35.9 Å². The lowest BCUT2D eigenvalue weighted by Crippen LogP contribution is -2.58. The molecule has 1 aromatic carbocycles. The van der Waals surface area contributed by atoms with Gasteiger partial charge in [-0.1, -0.05) is 44.2 Å². The minimum absolute atomic E-state index is 0.229. The van der Waals surface area contributed by atoms with Gasteiger partial charge in [-0.25, -0.2) is 0 Å². The summed E-state index contributed by atoms with van der Waals surface area (Å²) in [6.45, 7) is -4.58. The summed E-state index contributed by atoms with van der Waals surface area (Å²) in [5.74, 6) is -12.3. The van der Waals surface area contributed by atoms with Gasteiger partial charge in [-0.2, -0.15) is 52.7 Å². The third-order valence-corrected chi connectivity index (χ3v) is 9.52. The van der Waals surface area contributed by atoms with Crippen LogP contribution in [0.2, 0.25) is 0 Å². The molecule has 2 aliphatic rings. The molecule has 0 aliphatic carbocycles. The van der Waals surface area contributed by atoms with E-state index in [4.69, 9.17) is 18.9 Å². The Labute approximate surface area is 361 Å². The topological polar surface area (TPSA) is 212 Å². The molecule has 16 nitrogen and oxygen atoms in total. The zero-order valence-corrected chi connectivity index (χ0v) is 34.4. The summed E-state index contributed by atoms with van der Waals surface area (Å²) >= 11 is 0. The van der Waals surface area contributed by atoms with Crippen LogP contribution in [-0.4, -0.2) is 154 Å². The van der Waals surface area contributed by atoms with E-state index in [0.29, 0.717) is 0 Å². The molecule has 0 radical (unpaired) electrons. The van der Waals surface area contributed by atoms with Crippen molar-refractivity contribution in [2.45, 2.75) is 107 Å². The van der Waals surface area contributed by atoms with Crippen LogP contribution < -0.4 is 0 Å². The van der Waals surface area contributed by atoms with E-state index in [9.17, 15) is 87.2 Å². The molecular weight excluding hydrogens is 928 g/mol. The molecule has 2 heterocycles. The fourth-order valence-electron chi connectivity index (χ4n) is 6.08. The van der Waals surface area contributed by atoms with Crippen LogP contribution in [0.5, 0.6) is 0 Å². The molecule has 0 bridgehead atoms. The van der Waals surface area contributed by atoms with Crippen LogP contribution in [0, 0.1) is 23.7 Å². The molecule has 0 aromatic heterocycles.